The Morgan fingerprint density at radius 3 is 1.57 bits per heavy atom. The number of hydrogen-bond donors (Lipinski definition) is 0. The number of nitrogens with zero attached hydrogens (tertiary/aromatic N) is 1. The minimum absolute atomic E-state index is 0. The molecule has 30 heavy (non-hydrogen) atoms. The zero-order valence-corrected chi connectivity index (χ0v) is 25.0. The van der Waals surface area contributed by atoms with Crippen LogP contribution < -0.4 is 0 Å². The van der Waals surface area contributed by atoms with Crippen molar-refractivity contribution in [2.75, 3.05) is 6.16 Å². The van der Waals surface area contributed by atoms with Crippen LogP contribution in [0.3, 0.4) is 0 Å². The van der Waals surface area contributed by atoms with Gasteiger partial charge in [-0.2, -0.15) is 0 Å². The molecule has 1 aliphatic heterocycles. The van der Waals surface area contributed by atoms with Gasteiger partial charge in [-0.15, -0.1) is 11.4 Å². The summed E-state index contributed by atoms with van der Waals surface area (Å²) < 4.78 is 0. The monoisotopic (exact) mass is 495 g/mol. The van der Waals surface area contributed by atoms with E-state index in [0.717, 1.165) is 6.16 Å². The average Bonchev–Trinajstić information content (AvgIpc) is 2.48. The molecule has 2 nitrogen and oxygen atoms in total. The van der Waals surface area contributed by atoms with Crippen LogP contribution >= 0.6 is 15.8 Å². The van der Waals surface area contributed by atoms with Gasteiger partial charge in [0, 0.05) is 21.7 Å². The quantitative estimate of drug-likeness (QED) is 0.167. The number of rotatable bonds is 3. The fraction of sp³-hybridized carbons (Fsp3) is 0.680. The van der Waals surface area contributed by atoms with E-state index in [1.165, 1.54) is 11.4 Å². The Balaban J connectivity index is -0.00000176. The van der Waals surface area contributed by atoms with Gasteiger partial charge in [0.15, 0.2) is 0 Å². The Labute approximate surface area is 202 Å². The van der Waals surface area contributed by atoms with Gasteiger partial charge in [0.25, 0.3) is 0 Å². The van der Waals surface area contributed by atoms with Crippen molar-refractivity contribution in [3.05, 3.63) is 48.2 Å². The van der Waals surface area contributed by atoms with Crippen LogP contribution in [0.5, 0.6) is 0 Å². The van der Waals surface area contributed by atoms with E-state index in [2.05, 4.69) is 114 Å². The van der Waals surface area contributed by atoms with Gasteiger partial charge < -0.3 is 17.5 Å². The van der Waals surface area contributed by atoms with Crippen molar-refractivity contribution >= 4 is 22.6 Å². The van der Waals surface area contributed by atoms with Crippen LogP contribution in [0.1, 0.15) is 83.1 Å². The van der Waals surface area contributed by atoms with Crippen LogP contribution in [-0.4, -0.2) is 33.6 Å². The topological polar surface area (TPSA) is 31.2 Å². The van der Waals surface area contributed by atoms with Crippen molar-refractivity contribution in [2.24, 2.45) is 0 Å². The standard InChI is InChI=1S/C23H42NP2.CHO.CH3.Mn/c1-20(2,3)25(21(4,5)6)16-18-14-13-15-19(24-18)17-26(22(7,8)9)23(10,11)12;1-2;;/h13-16H,17H2,1-12H3;1H;1H3;/q3*-1;+3/p+2. The third kappa shape index (κ3) is 11.6. The molecule has 0 unspecified atom stereocenters. The zero-order valence-electron chi connectivity index (χ0n) is 21.8. The predicted octanol–water partition coefficient (Wildman–Crippen LogP) is 8.45. The SMILES string of the molecule is CC(C)(C)[PH+](C=C1C=CC=C(C[PH+](C(C)(C)C)C(C)(C)C)[N-]1)C(C)(C)C.[CH-]=O.[CH3-].[Mn+3]. The van der Waals surface area contributed by atoms with Crippen molar-refractivity contribution in [1.82, 2.24) is 0 Å². The summed E-state index contributed by atoms with van der Waals surface area (Å²) in [5, 5.41) is 6.50. The Morgan fingerprint density at radius 1 is 0.833 bits per heavy atom. The maximum absolute atomic E-state index is 7.75. The van der Waals surface area contributed by atoms with Crippen LogP contribution in [0.15, 0.2) is 35.4 Å². The van der Waals surface area contributed by atoms with Crippen LogP contribution in [0, 0.1) is 7.43 Å². The molecule has 0 aliphatic carbocycles. The van der Waals surface area contributed by atoms with Gasteiger partial charge in [-0.05, 0) is 83.1 Å². The molecule has 0 atom stereocenters. The molecule has 0 bridgehead atoms. The van der Waals surface area contributed by atoms with Crippen LogP contribution in [0.2, 0.25) is 0 Å². The maximum Gasteiger partial charge on any atom is 3.00 e. The Morgan fingerprint density at radius 2 is 1.23 bits per heavy atom. The van der Waals surface area contributed by atoms with Crippen LogP contribution in [-0.2, 0) is 21.9 Å². The van der Waals surface area contributed by atoms with Gasteiger partial charge in [0.2, 0.25) is 0 Å². The summed E-state index contributed by atoms with van der Waals surface area (Å²) in [6, 6.07) is 0. The van der Waals surface area contributed by atoms with Gasteiger partial charge in [0.1, 0.15) is 0 Å². The molecule has 174 valence electrons. The van der Waals surface area contributed by atoms with Gasteiger partial charge in [-0.3, -0.25) is 6.79 Å². The third-order valence-electron chi connectivity index (χ3n) is 4.91. The zero-order chi connectivity index (χ0) is 22.6. The molecule has 0 amide bonds. The van der Waals surface area contributed by atoms with E-state index in [-0.39, 0.29) is 24.5 Å². The van der Waals surface area contributed by atoms with E-state index in [9.17, 15) is 0 Å². The summed E-state index contributed by atoms with van der Waals surface area (Å²) >= 11 is 0. The molecule has 1 heterocycles. The van der Waals surface area contributed by atoms with E-state index in [0.29, 0.717) is 20.6 Å². The summed E-state index contributed by atoms with van der Waals surface area (Å²) in [6.07, 6.45) is 7.79. The molecule has 0 N–H and O–H groups in total. The molecule has 0 fully saturated rings. The Bertz CT molecular complexity index is 569. The third-order valence-corrected chi connectivity index (χ3v) is 13.1. The van der Waals surface area contributed by atoms with E-state index in [1.807, 2.05) is 0 Å². The van der Waals surface area contributed by atoms with Crippen molar-refractivity contribution in [1.29, 1.82) is 0 Å². The van der Waals surface area contributed by atoms with Gasteiger partial charge >= 0.3 is 17.1 Å². The van der Waals surface area contributed by atoms with Crippen LogP contribution in [0.25, 0.3) is 5.32 Å². The molecule has 1 aliphatic rings. The summed E-state index contributed by atoms with van der Waals surface area (Å²) in [6.45, 7) is 32.0. The number of allylic oxidation sites excluding steroid dienone is 4. The van der Waals surface area contributed by atoms with Gasteiger partial charge in [-0.25, -0.2) is 0 Å². The average molecular weight is 496 g/mol. The van der Waals surface area contributed by atoms with Gasteiger partial charge in [0.05, 0.1) is 26.8 Å². The second-order valence-corrected chi connectivity index (χ2v) is 20.2. The molecule has 0 saturated heterocycles. The van der Waals surface area contributed by atoms with E-state index < -0.39 is 15.8 Å². The molecule has 5 heteroatoms. The second kappa shape index (κ2) is 12.9. The predicted molar refractivity (Wildman–Crippen MR) is 142 cm³/mol. The molecular formula is C25H48MnNOP2+2. The molecule has 0 saturated carbocycles. The Hall–Kier alpha value is 0.0695. The smallest absolute Gasteiger partial charge is 0.656 e. The molecular weight excluding hydrogens is 447 g/mol. The minimum Gasteiger partial charge on any atom is -0.656 e. The first kappa shape index (κ1) is 34.7. The first-order valence-corrected chi connectivity index (χ1v) is 13.5. The Kier molecular flexibility index (Phi) is 15.0. The summed E-state index contributed by atoms with van der Waals surface area (Å²) in [5.41, 5.74) is 2.46. The fourth-order valence-corrected chi connectivity index (χ4v) is 11.7. The number of hydrogen-bond acceptors (Lipinski definition) is 1. The van der Waals surface area contributed by atoms with E-state index >= 15 is 0 Å². The maximum atomic E-state index is 7.75. The first-order chi connectivity index (χ1) is 12.4. The number of carbonyl (C=O) groups excluding carboxylic acids is 1. The van der Waals surface area contributed by atoms with Gasteiger partial charge in [-0.1, -0.05) is 18.2 Å². The normalized spacial score (nSPS) is 16.2. The molecule has 0 aromatic carbocycles. The first-order valence-electron chi connectivity index (χ1n) is 10.2. The fourth-order valence-electron chi connectivity index (χ4n) is 4.22. The molecule has 0 radical (unpaired) electrons. The molecule has 0 spiro atoms. The summed E-state index contributed by atoms with van der Waals surface area (Å²) in [4.78, 5) is 7.75. The molecule has 0 aromatic rings. The molecule has 1 rings (SSSR count). The largest absolute Gasteiger partial charge is 3.00 e. The second-order valence-electron chi connectivity index (χ2n) is 11.8. The minimum atomic E-state index is -0.708. The van der Waals surface area contributed by atoms with Crippen molar-refractivity contribution < 1.29 is 21.9 Å². The van der Waals surface area contributed by atoms with Crippen molar-refractivity contribution in [3.8, 4) is 0 Å². The summed E-state index contributed by atoms with van der Waals surface area (Å²) in [7, 11) is -1.30. The summed E-state index contributed by atoms with van der Waals surface area (Å²) in [5.74, 6) is 2.51. The molecule has 0 aromatic heterocycles. The van der Waals surface area contributed by atoms with E-state index in [1.54, 1.807) is 0 Å². The van der Waals surface area contributed by atoms with E-state index in [4.69, 9.17) is 10.1 Å². The van der Waals surface area contributed by atoms with Crippen molar-refractivity contribution in [2.45, 2.75) is 104 Å². The van der Waals surface area contributed by atoms with Crippen molar-refractivity contribution in [3.63, 3.8) is 0 Å². The van der Waals surface area contributed by atoms with Crippen LogP contribution in [0.4, 0.5) is 0 Å².